The van der Waals surface area contributed by atoms with E-state index in [9.17, 15) is 4.79 Å². The predicted octanol–water partition coefficient (Wildman–Crippen LogP) is 3.36. The molecule has 0 spiro atoms. The number of carbonyl (C=O) groups excluding carboxylic acids is 1. The van der Waals surface area contributed by atoms with Crippen LogP contribution < -0.4 is 0 Å². The summed E-state index contributed by atoms with van der Waals surface area (Å²) in [5.74, 6) is 1.64. The van der Waals surface area contributed by atoms with E-state index in [4.69, 9.17) is 4.74 Å². The highest BCUT2D eigenvalue weighted by atomic mass is 79.9. The number of hydrogen-bond acceptors (Lipinski definition) is 3. The van der Waals surface area contributed by atoms with Crippen molar-refractivity contribution in [3.63, 3.8) is 0 Å². The molecule has 0 saturated heterocycles. The fraction of sp³-hybridized carbons (Fsp3) is 0.364. The molecule has 0 fully saturated rings. The molecule has 1 aromatic rings. The molecule has 0 bridgehead atoms. The smallest absolute Gasteiger partial charge is 0.339 e. The number of halogens is 1. The van der Waals surface area contributed by atoms with Crippen molar-refractivity contribution in [2.24, 2.45) is 0 Å². The maximum Gasteiger partial charge on any atom is 0.339 e. The number of hydrogen-bond donors (Lipinski definition) is 0. The average Bonchev–Trinajstić information content (AvgIpc) is 2.25. The van der Waals surface area contributed by atoms with Gasteiger partial charge in [-0.15, -0.1) is 0 Å². The fourth-order valence-electron chi connectivity index (χ4n) is 1.04. The molecule has 2 nitrogen and oxygen atoms in total. The van der Waals surface area contributed by atoms with Crippen molar-refractivity contribution in [3.8, 4) is 0 Å². The highest BCUT2D eigenvalue weighted by Gasteiger charge is 2.09. The van der Waals surface area contributed by atoms with E-state index in [2.05, 4.69) is 22.9 Å². The second-order valence-electron chi connectivity index (χ2n) is 2.81. The zero-order valence-electron chi connectivity index (χ0n) is 8.53. The van der Waals surface area contributed by atoms with Crippen molar-refractivity contribution < 1.29 is 9.53 Å². The van der Waals surface area contributed by atoms with Crippen molar-refractivity contribution >= 4 is 33.7 Å². The van der Waals surface area contributed by atoms with Crippen LogP contribution in [0.4, 0.5) is 0 Å². The standard InChI is InChI=1S/C11H13BrO2S/c1-2-15-8-7-14-11(13)9-5-3-4-6-10(9)12/h3-6H,2,7-8H2,1H3. The first-order valence-corrected chi connectivity index (χ1v) is 6.70. The SMILES string of the molecule is CCSCCOC(=O)c1ccccc1Br. The Labute approximate surface area is 103 Å². The second kappa shape index (κ2) is 6.90. The quantitative estimate of drug-likeness (QED) is 0.614. The molecule has 0 aliphatic carbocycles. The van der Waals surface area contributed by atoms with Gasteiger partial charge in [-0.05, 0) is 33.8 Å². The normalized spacial score (nSPS) is 10.0. The Morgan fingerprint density at radius 2 is 2.20 bits per heavy atom. The van der Waals surface area contributed by atoms with Crippen LogP contribution in [-0.4, -0.2) is 24.1 Å². The number of carbonyl (C=O) groups is 1. The minimum absolute atomic E-state index is 0.265. The van der Waals surface area contributed by atoms with E-state index >= 15 is 0 Å². The molecule has 0 radical (unpaired) electrons. The van der Waals surface area contributed by atoms with Gasteiger partial charge >= 0.3 is 5.97 Å². The summed E-state index contributed by atoms with van der Waals surface area (Å²) < 4.78 is 5.90. The molecule has 82 valence electrons. The lowest BCUT2D eigenvalue weighted by atomic mass is 10.2. The highest BCUT2D eigenvalue weighted by molar-refractivity contribution is 9.10. The van der Waals surface area contributed by atoms with Gasteiger partial charge in [-0.3, -0.25) is 0 Å². The molecule has 0 aliphatic rings. The van der Waals surface area contributed by atoms with Crippen LogP contribution in [0.1, 0.15) is 17.3 Å². The van der Waals surface area contributed by atoms with Gasteiger partial charge in [0.15, 0.2) is 0 Å². The molecule has 4 heteroatoms. The molecular weight excluding hydrogens is 276 g/mol. The monoisotopic (exact) mass is 288 g/mol. The van der Waals surface area contributed by atoms with Crippen molar-refractivity contribution in [2.45, 2.75) is 6.92 Å². The molecule has 0 unspecified atom stereocenters. The summed E-state index contributed by atoms with van der Waals surface area (Å²) in [6, 6.07) is 7.27. The van der Waals surface area contributed by atoms with Crippen LogP contribution in [0.15, 0.2) is 28.7 Å². The Morgan fingerprint density at radius 1 is 1.47 bits per heavy atom. The number of esters is 1. The molecule has 1 rings (SSSR count). The summed E-state index contributed by atoms with van der Waals surface area (Å²) in [7, 11) is 0. The lowest BCUT2D eigenvalue weighted by Gasteiger charge is -2.05. The van der Waals surface area contributed by atoms with Gasteiger partial charge in [0.1, 0.15) is 6.61 Å². The predicted molar refractivity (Wildman–Crippen MR) is 67.4 cm³/mol. The van der Waals surface area contributed by atoms with Crippen LogP contribution in [0.3, 0.4) is 0 Å². The third-order valence-electron chi connectivity index (χ3n) is 1.76. The zero-order valence-corrected chi connectivity index (χ0v) is 10.9. The summed E-state index contributed by atoms with van der Waals surface area (Å²) in [6.45, 7) is 2.55. The minimum atomic E-state index is -0.265. The Morgan fingerprint density at radius 3 is 2.87 bits per heavy atom. The van der Waals surface area contributed by atoms with Gasteiger partial charge in [-0.2, -0.15) is 11.8 Å². The Hall–Kier alpha value is -0.480. The first-order valence-electron chi connectivity index (χ1n) is 4.75. The van der Waals surface area contributed by atoms with Gasteiger partial charge in [0.05, 0.1) is 5.56 Å². The van der Waals surface area contributed by atoms with Crippen LogP contribution >= 0.6 is 27.7 Å². The molecule has 0 saturated carbocycles. The van der Waals surface area contributed by atoms with E-state index in [1.54, 1.807) is 17.8 Å². The first-order chi connectivity index (χ1) is 7.25. The summed E-state index contributed by atoms with van der Waals surface area (Å²) in [5, 5.41) is 0. The Bertz CT molecular complexity index is 328. The van der Waals surface area contributed by atoms with E-state index in [-0.39, 0.29) is 5.97 Å². The van der Waals surface area contributed by atoms with Gasteiger partial charge in [0, 0.05) is 10.2 Å². The minimum Gasteiger partial charge on any atom is -0.461 e. The molecule has 1 aromatic carbocycles. The molecule has 0 atom stereocenters. The summed E-state index contributed by atoms with van der Waals surface area (Å²) in [5.41, 5.74) is 0.582. The van der Waals surface area contributed by atoms with E-state index < -0.39 is 0 Å². The molecule has 0 N–H and O–H groups in total. The molecule has 0 aromatic heterocycles. The maximum absolute atomic E-state index is 11.6. The number of rotatable bonds is 5. The van der Waals surface area contributed by atoms with E-state index in [1.807, 2.05) is 18.2 Å². The number of ether oxygens (including phenoxy) is 1. The Kier molecular flexibility index (Phi) is 5.79. The van der Waals surface area contributed by atoms with Crippen LogP contribution in [0.25, 0.3) is 0 Å². The van der Waals surface area contributed by atoms with Crippen LogP contribution in [0, 0.1) is 0 Å². The fourth-order valence-corrected chi connectivity index (χ4v) is 1.98. The number of thioether (sulfide) groups is 1. The first kappa shape index (κ1) is 12.6. The molecule has 0 aliphatic heterocycles. The second-order valence-corrected chi connectivity index (χ2v) is 5.06. The molecule has 15 heavy (non-hydrogen) atoms. The largest absolute Gasteiger partial charge is 0.461 e. The van der Waals surface area contributed by atoms with Gasteiger partial charge < -0.3 is 4.74 Å². The molecular formula is C11H13BrO2S. The van der Waals surface area contributed by atoms with Crippen LogP contribution in [0.5, 0.6) is 0 Å². The summed E-state index contributed by atoms with van der Waals surface area (Å²) in [4.78, 5) is 11.6. The van der Waals surface area contributed by atoms with Crippen molar-refractivity contribution in [1.29, 1.82) is 0 Å². The van der Waals surface area contributed by atoms with Gasteiger partial charge in [0.25, 0.3) is 0 Å². The summed E-state index contributed by atoms with van der Waals surface area (Å²) >= 11 is 5.07. The third kappa shape index (κ3) is 4.26. The van der Waals surface area contributed by atoms with Gasteiger partial charge in [0.2, 0.25) is 0 Å². The lowest BCUT2D eigenvalue weighted by Crippen LogP contribution is -2.08. The molecule has 0 heterocycles. The van der Waals surface area contributed by atoms with Crippen molar-refractivity contribution in [1.82, 2.24) is 0 Å². The van der Waals surface area contributed by atoms with Crippen molar-refractivity contribution in [2.75, 3.05) is 18.1 Å². The maximum atomic E-state index is 11.6. The van der Waals surface area contributed by atoms with E-state index in [1.165, 1.54) is 0 Å². The van der Waals surface area contributed by atoms with Gasteiger partial charge in [-0.25, -0.2) is 4.79 Å². The van der Waals surface area contributed by atoms with E-state index in [0.29, 0.717) is 12.2 Å². The lowest BCUT2D eigenvalue weighted by molar-refractivity contribution is 0.0529. The molecule has 0 amide bonds. The van der Waals surface area contributed by atoms with Gasteiger partial charge in [-0.1, -0.05) is 19.1 Å². The van der Waals surface area contributed by atoms with Crippen molar-refractivity contribution in [3.05, 3.63) is 34.3 Å². The highest BCUT2D eigenvalue weighted by Crippen LogP contribution is 2.16. The number of benzene rings is 1. The zero-order chi connectivity index (χ0) is 11.1. The third-order valence-corrected chi connectivity index (χ3v) is 3.31. The Balaban J connectivity index is 2.44. The van der Waals surface area contributed by atoms with Crippen LogP contribution in [0.2, 0.25) is 0 Å². The van der Waals surface area contributed by atoms with E-state index in [0.717, 1.165) is 16.0 Å². The summed E-state index contributed by atoms with van der Waals surface area (Å²) in [6.07, 6.45) is 0. The average molecular weight is 289 g/mol. The topological polar surface area (TPSA) is 26.3 Å². The van der Waals surface area contributed by atoms with Crippen LogP contribution in [-0.2, 0) is 4.74 Å².